The first-order valence-corrected chi connectivity index (χ1v) is 10.1. The molecule has 2 atom stereocenters. The highest BCUT2D eigenvalue weighted by molar-refractivity contribution is 5.42. The summed E-state index contributed by atoms with van der Waals surface area (Å²) in [6.45, 7) is 8.24. The van der Waals surface area contributed by atoms with Crippen LogP contribution < -0.4 is 9.64 Å². The number of aromatic nitrogens is 3. The quantitative estimate of drug-likeness (QED) is 0.732. The minimum absolute atomic E-state index is 0.708. The van der Waals surface area contributed by atoms with Gasteiger partial charge in [0.15, 0.2) is 5.82 Å². The Balaban J connectivity index is 1.29. The molecule has 0 unspecified atom stereocenters. The van der Waals surface area contributed by atoms with Crippen molar-refractivity contribution in [3.63, 3.8) is 0 Å². The Bertz CT molecular complexity index is 743. The molecule has 27 heavy (non-hydrogen) atoms. The molecule has 2 aliphatic heterocycles. The predicted molar refractivity (Wildman–Crippen MR) is 106 cm³/mol. The Labute approximate surface area is 161 Å². The van der Waals surface area contributed by atoms with Crippen LogP contribution in [0.2, 0.25) is 0 Å². The van der Waals surface area contributed by atoms with Crippen LogP contribution in [0.4, 0.5) is 5.82 Å². The molecule has 6 heteroatoms. The first kappa shape index (κ1) is 18.2. The Morgan fingerprint density at radius 3 is 2.78 bits per heavy atom. The zero-order valence-electron chi connectivity index (χ0n) is 16.3. The van der Waals surface area contributed by atoms with Gasteiger partial charge in [0, 0.05) is 50.4 Å². The van der Waals surface area contributed by atoms with Crippen LogP contribution in [-0.4, -0.2) is 51.9 Å². The van der Waals surface area contributed by atoms with Gasteiger partial charge in [0.2, 0.25) is 5.88 Å². The van der Waals surface area contributed by atoms with Gasteiger partial charge in [0.05, 0.1) is 12.3 Å². The Hall–Kier alpha value is -2.21. The van der Waals surface area contributed by atoms with Crippen molar-refractivity contribution >= 4 is 5.82 Å². The normalized spacial score (nSPS) is 22.7. The van der Waals surface area contributed by atoms with E-state index in [-0.39, 0.29) is 0 Å². The van der Waals surface area contributed by atoms with Crippen molar-refractivity contribution in [3.05, 3.63) is 41.7 Å². The predicted octanol–water partition coefficient (Wildman–Crippen LogP) is 3.08. The molecule has 0 spiro atoms. The maximum absolute atomic E-state index is 5.94. The van der Waals surface area contributed by atoms with Crippen molar-refractivity contribution in [1.29, 1.82) is 0 Å². The summed E-state index contributed by atoms with van der Waals surface area (Å²) in [6.07, 6.45) is 6.30. The fourth-order valence-electron chi connectivity index (χ4n) is 4.25. The molecule has 2 aromatic rings. The minimum atomic E-state index is 0.708. The first-order chi connectivity index (χ1) is 13.2. The van der Waals surface area contributed by atoms with E-state index in [9.17, 15) is 0 Å². The summed E-state index contributed by atoms with van der Waals surface area (Å²) >= 11 is 0. The summed E-state index contributed by atoms with van der Waals surface area (Å²) in [6, 6.07) is 9.49. The lowest BCUT2D eigenvalue weighted by atomic mass is 10.1. The number of fused-ring (bicyclic) bond motifs is 1. The van der Waals surface area contributed by atoms with E-state index in [1.165, 1.54) is 18.4 Å². The van der Waals surface area contributed by atoms with E-state index in [4.69, 9.17) is 9.72 Å². The molecule has 0 radical (unpaired) electrons. The lowest BCUT2D eigenvalue weighted by Crippen LogP contribution is -2.34. The minimum Gasteiger partial charge on any atom is -0.478 e. The molecule has 4 rings (SSSR count). The third kappa shape index (κ3) is 4.21. The maximum Gasteiger partial charge on any atom is 0.213 e. The third-order valence-electron chi connectivity index (χ3n) is 5.85. The summed E-state index contributed by atoms with van der Waals surface area (Å²) < 4.78 is 5.94. The van der Waals surface area contributed by atoms with Crippen LogP contribution >= 0.6 is 0 Å². The third-order valence-corrected chi connectivity index (χ3v) is 5.85. The molecule has 0 saturated carbocycles. The summed E-state index contributed by atoms with van der Waals surface area (Å²) in [7, 11) is 0. The molecule has 1 saturated heterocycles. The van der Waals surface area contributed by atoms with Gasteiger partial charge in [-0.15, -0.1) is 5.10 Å². The number of nitrogens with zero attached hydrogens (tertiary/aromatic N) is 5. The van der Waals surface area contributed by atoms with E-state index < -0.39 is 0 Å². The van der Waals surface area contributed by atoms with Crippen molar-refractivity contribution in [2.24, 2.45) is 0 Å². The van der Waals surface area contributed by atoms with Crippen molar-refractivity contribution in [2.45, 2.75) is 58.2 Å². The fourth-order valence-corrected chi connectivity index (χ4v) is 4.25. The number of rotatable bonds is 6. The highest BCUT2D eigenvalue weighted by Crippen LogP contribution is 2.25. The first-order valence-electron chi connectivity index (χ1n) is 10.1. The van der Waals surface area contributed by atoms with Gasteiger partial charge in [0.25, 0.3) is 0 Å². The second-order valence-corrected chi connectivity index (χ2v) is 7.72. The number of pyridine rings is 1. The summed E-state index contributed by atoms with van der Waals surface area (Å²) in [4.78, 5) is 9.59. The summed E-state index contributed by atoms with van der Waals surface area (Å²) in [5.41, 5.74) is 2.40. The van der Waals surface area contributed by atoms with Crippen LogP contribution in [0.15, 0.2) is 30.5 Å². The van der Waals surface area contributed by atoms with Crippen molar-refractivity contribution in [1.82, 2.24) is 20.1 Å². The Morgan fingerprint density at radius 1 is 1.15 bits per heavy atom. The Kier molecular flexibility index (Phi) is 5.53. The molecular formula is C21H29N5O. The van der Waals surface area contributed by atoms with E-state index in [1.807, 2.05) is 18.2 Å². The van der Waals surface area contributed by atoms with Crippen molar-refractivity contribution < 1.29 is 4.74 Å². The van der Waals surface area contributed by atoms with Gasteiger partial charge in [-0.1, -0.05) is 6.07 Å². The summed E-state index contributed by atoms with van der Waals surface area (Å²) in [5.74, 6) is 1.68. The molecule has 4 heterocycles. The van der Waals surface area contributed by atoms with Gasteiger partial charge in [-0.3, -0.25) is 4.90 Å². The number of hydrogen-bond acceptors (Lipinski definition) is 6. The van der Waals surface area contributed by atoms with E-state index in [2.05, 4.69) is 39.9 Å². The molecule has 144 valence electrons. The largest absolute Gasteiger partial charge is 0.478 e. The van der Waals surface area contributed by atoms with E-state index in [0.717, 1.165) is 56.5 Å². The molecule has 6 nitrogen and oxygen atoms in total. The number of anilines is 1. The van der Waals surface area contributed by atoms with Gasteiger partial charge in [-0.25, -0.2) is 4.98 Å². The van der Waals surface area contributed by atoms with Crippen LogP contribution in [0.25, 0.3) is 0 Å². The zero-order valence-corrected chi connectivity index (χ0v) is 16.3. The lowest BCUT2D eigenvalue weighted by Gasteiger charge is -2.29. The second kappa shape index (κ2) is 8.21. The highest BCUT2D eigenvalue weighted by Gasteiger charge is 2.26. The van der Waals surface area contributed by atoms with Crippen LogP contribution in [0, 0.1) is 0 Å². The fraction of sp³-hybridized carbons (Fsp3) is 0.571. The van der Waals surface area contributed by atoms with Gasteiger partial charge in [-0.2, -0.15) is 5.10 Å². The molecule has 0 amide bonds. The van der Waals surface area contributed by atoms with Gasteiger partial charge in [0.1, 0.15) is 0 Å². The molecular weight excluding hydrogens is 338 g/mol. The number of likely N-dealkylation sites (tertiary alicyclic amines) is 1. The van der Waals surface area contributed by atoms with Gasteiger partial charge in [-0.05, 0) is 50.8 Å². The molecule has 1 fully saturated rings. The maximum atomic E-state index is 5.94. The van der Waals surface area contributed by atoms with Crippen molar-refractivity contribution in [3.8, 4) is 5.88 Å². The molecule has 0 aromatic carbocycles. The summed E-state index contributed by atoms with van der Waals surface area (Å²) in [5, 5.41) is 8.19. The highest BCUT2D eigenvalue weighted by atomic mass is 16.5. The lowest BCUT2D eigenvalue weighted by molar-refractivity contribution is 0.190. The smallest absolute Gasteiger partial charge is 0.213 e. The van der Waals surface area contributed by atoms with E-state index in [0.29, 0.717) is 12.1 Å². The van der Waals surface area contributed by atoms with E-state index in [1.54, 1.807) is 6.20 Å². The molecule has 2 aromatic heterocycles. The molecule has 0 bridgehead atoms. The van der Waals surface area contributed by atoms with Crippen LogP contribution in [0.3, 0.4) is 0 Å². The standard InChI is InChI=1S/C21H29N5O/c1-16-6-7-17(2)26(16)12-4-14-27-21-9-8-18-15-25(13-10-19(18)23-21)20-5-3-11-22-24-20/h3,5,8-9,11,16-17H,4,6-7,10,12-15H2,1-2H3/t16-,17-/m1/s1. The topological polar surface area (TPSA) is 54.4 Å². The average Bonchev–Trinajstić information content (AvgIpc) is 3.03. The monoisotopic (exact) mass is 367 g/mol. The number of ether oxygens (including phenoxy) is 1. The molecule has 2 aliphatic rings. The van der Waals surface area contributed by atoms with Gasteiger partial charge < -0.3 is 9.64 Å². The second-order valence-electron chi connectivity index (χ2n) is 7.72. The van der Waals surface area contributed by atoms with Crippen LogP contribution in [0.5, 0.6) is 5.88 Å². The van der Waals surface area contributed by atoms with Crippen molar-refractivity contribution in [2.75, 3.05) is 24.6 Å². The number of hydrogen-bond donors (Lipinski definition) is 0. The SMILES string of the molecule is C[C@@H]1CC[C@@H](C)N1CCCOc1ccc2c(n1)CCN(c1cccnn1)C2. The molecule has 0 aliphatic carbocycles. The average molecular weight is 367 g/mol. The molecule has 0 N–H and O–H groups in total. The van der Waals surface area contributed by atoms with Gasteiger partial charge >= 0.3 is 0 Å². The zero-order chi connectivity index (χ0) is 18.6. The van der Waals surface area contributed by atoms with Crippen LogP contribution in [0.1, 0.15) is 44.4 Å². The Morgan fingerprint density at radius 2 is 2.00 bits per heavy atom. The van der Waals surface area contributed by atoms with Crippen LogP contribution in [-0.2, 0) is 13.0 Å². The van der Waals surface area contributed by atoms with E-state index >= 15 is 0 Å².